The topological polar surface area (TPSA) is 49.4 Å². The van der Waals surface area contributed by atoms with Gasteiger partial charge in [0.1, 0.15) is 0 Å². The first-order valence-electron chi connectivity index (χ1n) is 6.06. The number of nitrogens with one attached hydrogen (secondary N) is 1. The van der Waals surface area contributed by atoms with Crippen LogP contribution in [-0.4, -0.2) is 35.8 Å². The Hall–Kier alpha value is -1.20. The zero-order valence-electron chi connectivity index (χ0n) is 9.78. The third-order valence-corrected chi connectivity index (χ3v) is 3.77. The Morgan fingerprint density at radius 2 is 1.94 bits per heavy atom. The molecule has 1 aliphatic carbocycles. The first-order valence-corrected chi connectivity index (χ1v) is 6.85. The van der Waals surface area contributed by atoms with E-state index in [1.807, 2.05) is 0 Å². The van der Waals surface area contributed by atoms with Crippen LogP contribution in [0.2, 0.25) is 0 Å². The lowest BCUT2D eigenvalue weighted by atomic mass is 10.1. The van der Waals surface area contributed by atoms with Crippen molar-refractivity contribution in [1.82, 2.24) is 10.2 Å². The lowest BCUT2D eigenvalue weighted by molar-refractivity contribution is 0.0655. The Bertz CT molecular complexity index is 526. The second-order valence-corrected chi connectivity index (χ2v) is 5.60. The fraction of sp³-hybridized carbons (Fsp3) is 0.385. The van der Waals surface area contributed by atoms with Crippen LogP contribution in [0.4, 0.5) is 0 Å². The van der Waals surface area contributed by atoms with Crippen molar-refractivity contribution in [2.24, 2.45) is 0 Å². The van der Waals surface area contributed by atoms with Gasteiger partial charge in [-0.2, -0.15) is 0 Å². The molecule has 5 heteroatoms. The van der Waals surface area contributed by atoms with E-state index in [1.165, 1.54) is 17.7 Å². The van der Waals surface area contributed by atoms with Crippen LogP contribution in [0.15, 0.2) is 22.7 Å². The molecule has 1 saturated carbocycles. The summed E-state index contributed by atoms with van der Waals surface area (Å²) in [6.45, 7) is 1.12. The molecule has 18 heavy (non-hydrogen) atoms. The van der Waals surface area contributed by atoms with E-state index in [0.717, 1.165) is 4.47 Å². The highest BCUT2D eigenvalue weighted by molar-refractivity contribution is 9.10. The van der Waals surface area contributed by atoms with Gasteiger partial charge in [-0.1, -0.05) is 15.9 Å². The van der Waals surface area contributed by atoms with Crippen LogP contribution in [-0.2, 0) is 0 Å². The second-order valence-electron chi connectivity index (χ2n) is 4.68. The SMILES string of the molecule is O=C1c2ccc(Br)cc2C(=O)N1CCNC1CC1. The quantitative estimate of drug-likeness (QED) is 0.863. The Labute approximate surface area is 113 Å². The smallest absolute Gasteiger partial charge is 0.261 e. The number of hydrogen-bond donors (Lipinski definition) is 1. The van der Waals surface area contributed by atoms with Gasteiger partial charge in [-0.15, -0.1) is 0 Å². The molecule has 0 radical (unpaired) electrons. The first kappa shape index (κ1) is 11.9. The van der Waals surface area contributed by atoms with Crippen molar-refractivity contribution in [3.8, 4) is 0 Å². The average Bonchev–Trinajstić information content (AvgIpc) is 3.13. The summed E-state index contributed by atoms with van der Waals surface area (Å²) in [5.74, 6) is -0.367. The number of carbonyl (C=O) groups is 2. The van der Waals surface area contributed by atoms with E-state index in [9.17, 15) is 9.59 Å². The number of fused-ring (bicyclic) bond motifs is 1. The van der Waals surface area contributed by atoms with Gasteiger partial charge < -0.3 is 5.32 Å². The van der Waals surface area contributed by atoms with E-state index in [1.54, 1.807) is 18.2 Å². The lowest BCUT2D eigenvalue weighted by Gasteiger charge is -2.13. The number of rotatable bonds is 4. The monoisotopic (exact) mass is 308 g/mol. The molecule has 4 nitrogen and oxygen atoms in total. The van der Waals surface area contributed by atoms with Crippen molar-refractivity contribution in [2.45, 2.75) is 18.9 Å². The minimum atomic E-state index is -0.186. The third-order valence-electron chi connectivity index (χ3n) is 3.28. The number of benzene rings is 1. The molecule has 2 amide bonds. The molecule has 1 fully saturated rings. The van der Waals surface area contributed by atoms with Crippen LogP contribution in [0.5, 0.6) is 0 Å². The number of carbonyl (C=O) groups excluding carboxylic acids is 2. The van der Waals surface area contributed by atoms with Crippen LogP contribution < -0.4 is 5.32 Å². The third kappa shape index (κ3) is 2.08. The zero-order chi connectivity index (χ0) is 12.7. The summed E-state index contributed by atoms with van der Waals surface area (Å²) in [5, 5.41) is 3.31. The standard InChI is InChI=1S/C13H13BrN2O2/c14-8-1-4-10-11(7-8)13(18)16(12(10)17)6-5-15-9-2-3-9/h1,4,7,9,15H,2-3,5-6H2. The molecule has 0 aromatic heterocycles. The van der Waals surface area contributed by atoms with E-state index < -0.39 is 0 Å². The van der Waals surface area contributed by atoms with Crippen molar-refractivity contribution in [3.63, 3.8) is 0 Å². The van der Waals surface area contributed by atoms with Gasteiger partial charge in [0.2, 0.25) is 0 Å². The van der Waals surface area contributed by atoms with E-state index in [2.05, 4.69) is 21.2 Å². The van der Waals surface area contributed by atoms with Gasteiger partial charge in [0.15, 0.2) is 0 Å². The molecular weight excluding hydrogens is 296 g/mol. The molecule has 0 spiro atoms. The largest absolute Gasteiger partial charge is 0.312 e. The molecule has 1 N–H and O–H groups in total. The Morgan fingerprint density at radius 3 is 2.67 bits per heavy atom. The molecule has 3 rings (SSSR count). The fourth-order valence-corrected chi connectivity index (χ4v) is 2.50. The Balaban J connectivity index is 1.74. The first-order chi connectivity index (χ1) is 8.66. The van der Waals surface area contributed by atoms with Gasteiger partial charge in [0, 0.05) is 23.6 Å². The number of nitrogens with zero attached hydrogens (tertiary/aromatic N) is 1. The number of hydrogen-bond acceptors (Lipinski definition) is 3. The van der Waals surface area contributed by atoms with Crippen molar-refractivity contribution in [2.75, 3.05) is 13.1 Å². The normalized spacial score (nSPS) is 18.4. The molecule has 2 aliphatic rings. The zero-order valence-corrected chi connectivity index (χ0v) is 11.4. The lowest BCUT2D eigenvalue weighted by Crippen LogP contribution is -2.36. The fourth-order valence-electron chi connectivity index (χ4n) is 2.13. The minimum Gasteiger partial charge on any atom is -0.312 e. The molecule has 0 atom stereocenters. The maximum absolute atomic E-state index is 12.1. The summed E-state index contributed by atoms with van der Waals surface area (Å²) >= 11 is 3.32. The van der Waals surface area contributed by atoms with Gasteiger partial charge >= 0.3 is 0 Å². The highest BCUT2D eigenvalue weighted by Gasteiger charge is 2.35. The molecule has 0 unspecified atom stereocenters. The molecule has 1 aromatic carbocycles. The average molecular weight is 309 g/mol. The van der Waals surface area contributed by atoms with E-state index >= 15 is 0 Å². The van der Waals surface area contributed by atoms with Crippen molar-refractivity contribution in [1.29, 1.82) is 0 Å². The van der Waals surface area contributed by atoms with E-state index in [-0.39, 0.29) is 11.8 Å². The maximum atomic E-state index is 12.1. The molecule has 1 heterocycles. The Morgan fingerprint density at radius 1 is 1.22 bits per heavy atom. The predicted octanol–water partition coefficient (Wildman–Crippen LogP) is 1.80. The molecule has 0 saturated heterocycles. The summed E-state index contributed by atoms with van der Waals surface area (Å²) in [7, 11) is 0. The highest BCUT2D eigenvalue weighted by atomic mass is 79.9. The van der Waals surface area contributed by atoms with Crippen LogP contribution in [0.1, 0.15) is 33.6 Å². The summed E-state index contributed by atoms with van der Waals surface area (Å²) in [4.78, 5) is 25.5. The maximum Gasteiger partial charge on any atom is 0.261 e. The molecule has 0 bridgehead atoms. The number of imide groups is 1. The van der Waals surface area contributed by atoms with Crippen LogP contribution in [0.25, 0.3) is 0 Å². The Kier molecular flexibility index (Phi) is 2.95. The molecule has 1 aliphatic heterocycles. The van der Waals surface area contributed by atoms with Crippen molar-refractivity contribution >= 4 is 27.7 Å². The summed E-state index contributed by atoms with van der Waals surface area (Å²) < 4.78 is 0.820. The highest BCUT2D eigenvalue weighted by Crippen LogP contribution is 2.25. The summed E-state index contributed by atoms with van der Waals surface area (Å²) in [6.07, 6.45) is 2.41. The number of amides is 2. The minimum absolute atomic E-state index is 0.180. The van der Waals surface area contributed by atoms with Gasteiger partial charge in [0.05, 0.1) is 11.1 Å². The molecular formula is C13H13BrN2O2. The van der Waals surface area contributed by atoms with Crippen LogP contribution >= 0.6 is 15.9 Å². The molecule has 94 valence electrons. The van der Waals surface area contributed by atoms with E-state index in [4.69, 9.17) is 0 Å². The summed E-state index contributed by atoms with van der Waals surface area (Å²) in [6, 6.07) is 5.79. The second kappa shape index (κ2) is 4.48. The summed E-state index contributed by atoms with van der Waals surface area (Å²) in [5.41, 5.74) is 1.01. The molecule has 1 aromatic rings. The van der Waals surface area contributed by atoms with Crippen LogP contribution in [0.3, 0.4) is 0 Å². The van der Waals surface area contributed by atoms with Crippen molar-refractivity contribution < 1.29 is 9.59 Å². The van der Waals surface area contributed by atoms with Gasteiger partial charge in [-0.25, -0.2) is 0 Å². The number of halogens is 1. The van der Waals surface area contributed by atoms with E-state index in [0.29, 0.717) is 30.3 Å². The van der Waals surface area contributed by atoms with Crippen LogP contribution in [0, 0.1) is 0 Å². The van der Waals surface area contributed by atoms with Crippen molar-refractivity contribution in [3.05, 3.63) is 33.8 Å². The van der Waals surface area contributed by atoms with Gasteiger partial charge in [-0.05, 0) is 31.0 Å². The van der Waals surface area contributed by atoms with Gasteiger partial charge in [-0.3, -0.25) is 14.5 Å². The predicted molar refractivity (Wildman–Crippen MR) is 70.5 cm³/mol. The van der Waals surface area contributed by atoms with Gasteiger partial charge in [0.25, 0.3) is 11.8 Å².